The summed E-state index contributed by atoms with van der Waals surface area (Å²) in [7, 11) is 2.34. The topological polar surface area (TPSA) is 96.0 Å². The zero-order chi connectivity index (χ0) is 22.3. The number of anilines is 1. The smallest absolute Gasteiger partial charge is 0.348 e. The Morgan fingerprint density at radius 2 is 1.73 bits per heavy atom. The second-order valence-electron chi connectivity index (χ2n) is 7.07. The lowest BCUT2D eigenvalue weighted by atomic mass is 10.2. The molecular formula is C20H27N3O5S2. The van der Waals surface area contributed by atoms with Crippen LogP contribution in [-0.4, -0.2) is 65.7 Å². The molecule has 10 heteroatoms. The maximum absolute atomic E-state index is 12.3. The fraction of sp³-hybridized carbons (Fsp3) is 0.400. The van der Waals surface area contributed by atoms with Gasteiger partial charge in [0, 0.05) is 44.8 Å². The van der Waals surface area contributed by atoms with Crippen molar-refractivity contribution >= 4 is 38.9 Å². The van der Waals surface area contributed by atoms with E-state index in [1.54, 1.807) is 19.2 Å². The maximum atomic E-state index is 12.3. The lowest BCUT2D eigenvalue weighted by Crippen LogP contribution is -2.30. The van der Waals surface area contributed by atoms with Crippen LogP contribution in [0.4, 0.5) is 5.69 Å². The molecule has 0 bridgehead atoms. The van der Waals surface area contributed by atoms with Gasteiger partial charge in [-0.2, -0.15) is 0 Å². The first-order valence-corrected chi connectivity index (χ1v) is 12.0. The lowest BCUT2D eigenvalue weighted by molar-refractivity contribution is -0.133. The molecule has 1 aromatic carbocycles. The van der Waals surface area contributed by atoms with Crippen LogP contribution in [-0.2, 0) is 32.5 Å². The molecule has 0 saturated carbocycles. The number of likely N-dealkylation sites (N-methyl/N-ethyl adjacent to an activating group) is 1. The number of carbonyl (C=O) groups excluding carboxylic acids is 2. The van der Waals surface area contributed by atoms with Crippen LogP contribution in [0.3, 0.4) is 0 Å². The first-order valence-electron chi connectivity index (χ1n) is 9.26. The molecule has 0 saturated heterocycles. The van der Waals surface area contributed by atoms with Crippen LogP contribution in [0.5, 0.6) is 0 Å². The van der Waals surface area contributed by atoms with Crippen molar-refractivity contribution in [3.05, 3.63) is 51.7 Å². The van der Waals surface area contributed by atoms with Crippen LogP contribution < -0.4 is 9.62 Å². The van der Waals surface area contributed by atoms with E-state index in [0.29, 0.717) is 17.8 Å². The van der Waals surface area contributed by atoms with Gasteiger partial charge in [0.2, 0.25) is 10.0 Å². The molecule has 164 valence electrons. The molecule has 1 amide bonds. The van der Waals surface area contributed by atoms with E-state index >= 15 is 0 Å². The van der Waals surface area contributed by atoms with Gasteiger partial charge in [0.15, 0.2) is 6.61 Å². The normalized spacial score (nSPS) is 11.2. The summed E-state index contributed by atoms with van der Waals surface area (Å²) in [5.41, 5.74) is 2.05. The monoisotopic (exact) mass is 453 g/mol. The highest BCUT2D eigenvalue weighted by atomic mass is 32.2. The number of esters is 1. The third kappa shape index (κ3) is 7.77. The van der Waals surface area contributed by atoms with E-state index in [-0.39, 0.29) is 19.1 Å². The Hall–Kier alpha value is -2.43. The summed E-state index contributed by atoms with van der Waals surface area (Å²) in [5, 5.41) is 0. The number of thiophene rings is 1. The second kappa shape index (κ2) is 10.6. The molecular weight excluding hydrogens is 426 g/mol. The van der Waals surface area contributed by atoms with Crippen molar-refractivity contribution in [3.63, 3.8) is 0 Å². The molecule has 2 aromatic rings. The minimum atomic E-state index is -3.24. The summed E-state index contributed by atoms with van der Waals surface area (Å²) >= 11 is 1.22. The lowest BCUT2D eigenvalue weighted by Gasteiger charge is -2.18. The fourth-order valence-electron chi connectivity index (χ4n) is 2.55. The standard InChI is InChI=1S/C20H27N3O5S2/c1-22(2)16-7-5-15(6-8-16)13-23(3)19(24)14-28-20(25)18-10-9-17(29-18)11-12-21-30(4,26)27/h5-10,21H,11-14H2,1-4H3. The molecule has 1 heterocycles. The summed E-state index contributed by atoms with van der Waals surface area (Å²) in [6, 6.07) is 11.2. The largest absolute Gasteiger partial charge is 0.451 e. The second-order valence-corrected chi connectivity index (χ2v) is 10.1. The number of rotatable bonds is 10. The highest BCUT2D eigenvalue weighted by Gasteiger charge is 2.16. The van der Waals surface area contributed by atoms with Gasteiger partial charge < -0.3 is 14.5 Å². The minimum Gasteiger partial charge on any atom is -0.451 e. The number of amides is 1. The Morgan fingerprint density at radius 1 is 1.07 bits per heavy atom. The number of carbonyl (C=O) groups is 2. The third-order valence-corrected chi connectivity index (χ3v) is 6.08. The van der Waals surface area contributed by atoms with E-state index in [9.17, 15) is 18.0 Å². The van der Waals surface area contributed by atoms with Crippen molar-refractivity contribution in [2.24, 2.45) is 0 Å². The van der Waals surface area contributed by atoms with Gasteiger partial charge in [-0.15, -0.1) is 11.3 Å². The molecule has 30 heavy (non-hydrogen) atoms. The quantitative estimate of drug-likeness (QED) is 0.551. The molecule has 0 fully saturated rings. The Morgan fingerprint density at radius 3 is 2.33 bits per heavy atom. The van der Waals surface area contributed by atoms with Crippen molar-refractivity contribution in [2.45, 2.75) is 13.0 Å². The van der Waals surface area contributed by atoms with Crippen LogP contribution in [0.2, 0.25) is 0 Å². The Labute approximate surface area is 181 Å². The number of hydrogen-bond acceptors (Lipinski definition) is 7. The third-order valence-electron chi connectivity index (χ3n) is 4.22. The summed E-state index contributed by atoms with van der Waals surface area (Å²) < 4.78 is 29.7. The van der Waals surface area contributed by atoms with Crippen LogP contribution in [0, 0.1) is 0 Å². The first-order chi connectivity index (χ1) is 14.0. The molecule has 0 spiro atoms. The first kappa shape index (κ1) is 23.8. The molecule has 0 unspecified atom stereocenters. The number of ether oxygens (including phenoxy) is 1. The summed E-state index contributed by atoms with van der Waals surface area (Å²) in [4.78, 5) is 29.2. The highest BCUT2D eigenvalue weighted by molar-refractivity contribution is 7.88. The molecule has 0 aliphatic rings. The van der Waals surface area contributed by atoms with E-state index in [4.69, 9.17) is 4.74 Å². The van der Waals surface area contributed by atoms with E-state index in [2.05, 4.69) is 4.72 Å². The van der Waals surface area contributed by atoms with Crippen molar-refractivity contribution in [1.29, 1.82) is 0 Å². The summed E-state index contributed by atoms with van der Waals surface area (Å²) in [6.45, 7) is 0.335. The van der Waals surface area contributed by atoms with E-state index < -0.39 is 16.0 Å². The van der Waals surface area contributed by atoms with Crippen molar-refractivity contribution in [2.75, 3.05) is 45.5 Å². The van der Waals surface area contributed by atoms with Gasteiger partial charge in [0.1, 0.15) is 4.88 Å². The zero-order valence-corrected chi connectivity index (χ0v) is 19.2. The molecule has 2 rings (SSSR count). The van der Waals surface area contributed by atoms with E-state index in [1.165, 1.54) is 16.2 Å². The van der Waals surface area contributed by atoms with Crippen molar-refractivity contribution < 1.29 is 22.7 Å². The molecule has 1 aromatic heterocycles. The van der Waals surface area contributed by atoms with Crippen LogP contribution in [0.15, 0.2) is 36.4 Å². The van der Waals surface area contributed by atoms with E-state index in [1.807, 2.05) is 43.3 Å². The predicted molar refractivity (Wildman–Crippen MR) is 118 cm³/mol. The SMILES string of the molecule is CN(Cc1ccc(N(C)C)cc1)C(=O)COC(=O)c1ccc(CCNS(C)(=O)=O)s1. The van der Waals surface area contributed by atoms with Gasteiger partial charge in [0.05, 0.1) is 6.26 Å². The van der Waals surface area contributed by atoms with Crippen LogP contribution >= 0.6 is 11.3 Å². The maximum Gasteiger partial charge on any atom is 0.348 e. The Balaban J connectivity index is 1.80. The molecule has 0 atom stereocenters. The highest BCUT2D eigenvalue weighted by Crippen LogP contribution is 2.18. The van der Waals surface area contributed by atoms with Crippen LogP contribution in [0.25, 0.3) is 0 Å². The predicted octanol–water partition coefficient (Wildman–Crippen LogP) is 1.72. The van der Waals surface area contributed by atoms with Gasteiger partial charge in [-0.05, 0) is 36.2 Å². The van der Waals surface area contributed by atoms with Crippen LogP contribution in [0.1, 0.15) is 20.1 Å². The number of nitrogens with one attached hydrogen (secondary N) is 1. The number of sulfonamides is 1. The number of hydrogen-bond donors (Lipinski definition) is 1. The van der Waals surface area contributed by atoms with Gasteiger partial charge in [-0.25, -0.2) is 17.9 Å². The molecule has 0 radical (unpaired) electrons. The number of nitrogens with zero attached hydrogens (tertiary/aromatic N) is 2. The van der Waals surface area contributed by atoms with Gasteiger partial charge in [-0.3, -0.25) is 4.79 Å². The molecule has 1 N–H and O–H groups in total. The van der Waals surface area contributed by atoms with Gasteiger partial charge in [-0.1, -0.05) is 12.1 Å². The van der Waals surface area contributed by atoms with Crippen molar-refractivity contribution in [3.8, 4) is 0 Å². The number of benzene rings is 1. The van der Waals surface area contributed by atoms with E-state index in [0.717, 1.165) is 22.4 Å². The molecule has 0 aliphatic heterocycles. The average molecular weight is 454 g/mol. The fourth-order valence-corrected chi connectivity index (χ4v) is 3.93. The average Bonchev–Trinajstić information content (AvgIpc) is 3.14. The Bertz CT molecular complexity index is 969. The minimum absolute atomic E-state index is 0.257. The molecule has 0 aliphatic carbocycles. The zero-order valence-electron chi connectivity index (χ0n) is 17.5. The van der Waals surface area contributed by atoms with Crippen molar-refractivity contribution in [1.82, 2.24) is 9.62 Å². The molecule has 8 nitrogen and oxygen atoms in total. The summed E-state index contributed by atoms with van der Waals surface area (Å²) in [5.74, 6) is -0.867. The van der Waals surface area contributed by atoms with Gasteiger partial charge >= 0.3 is 5.97 Å². The van der Waals surface area contributed by atoms with Gasteiger partial charge in [0.25, 0.3) is 5.91 Å². The summed E-state index contributed by atoms with van der Waals surface area (Å²) in [6.07, 6.45) is 1.57. The Kier molecular flexibility index (Phi) is 8.39.